The van der Waals surface area contributed by atoms with Crippen LogP contribution in [0.3, 0.4) is 0 Å². The van der Waals surface area contributed by atoms with Crippen molar-refractivity contribution in [3.8, 4) is 0 Å². The van der Waals surface area contributed by atoms with Crippen LogP contribution in [0, 0.1) is 40.9 Å². The van der Waals surface area contributed by atoms with Gasteiger partial charge in [-0.2, -0.15) is 0 Å². The van der Waals surface area contributed by atoms with Crippen LogP contribution in [0.2, 0.25) is 0 Å². The second kappa shape index (κ2) is 4.73. The summed E-state index contributed by atoms with van der Waals surface area (Å²) in [4.78, 5) is 0. The molecular formula is C20H33N. The molecule has 5 saturated carbocycles. The lowest BCUT2D eigenvalue weighted by atomic mass is 9.50. The highest BCUT2D eigenvalue weighted by molar-refractivity contribution is 5.17. The van der Waals surface area contributed by atoms with Crippen molar-refractivity contribution in [3.63, 3.8) is 0 Å². The molecule has 5 rings (SSSR count). The van der Waals surface area contributed by atoms with E-state index in [0.717, 1.165) is 40.9 Å². The number of rotatable bonds is 2. The van der Waals surface area contributed by atoms with Gasteiger partial charge in [0.25, 0.3) is 0 Å². The fourth-order valence-corrected chi connectivity index (χ4v) is 8.43. The fourth-order valence-electron chi connectivity index (χ4n) is 8.43. The van der Waals surface area contributed by atoms with Crippen LogP contribution in [-0.4, -0.2) is 6.04 Å². The van der Waals surface area contributed by atoms with Gasteiger partial charge < -0.3 is 5.73 Å². The Hall–Kier alpha value is -0.0400. The summed E-state index contributed by atoms with van der Waals surface area (Å²) < 4.78 is 0. The third-order valence-electron chi connectivity index (χ3n) is 8.93. The highest BCUT2D eigenvalue weighted by atomic mass is 14.8. The van der Waals surface area contributed by atoms with Crippen molar-refractivity contribution < 1.29 is 0 Å². The van der Waals surface area contributed by atoms with Crippen molar-refractivity contribution in [1.82, 2.24) is 0 Å². The molecule has 2 N–H and O–H groups in total. The molecule has 5 aliphatic rings. The van der Waals surface area contributed by atoms with Gasteiger partial charge in [0.2, 0.25) is 0 Å². The number of hydrogen-bond acceptors (Lipinski definition) is 1. The third kappa shape index (κ3) is 1.62. The topological polar surface area (TPSA) is 26.0 Å². The van der Waals surface area contributed by atoms with Gasteiger partial charge in [-0.25, -0.2) is 0 Å². The molecule has 1 nitrogen and oxygen atoms in total. The summed E-state index contributed by atoms with van der Waals surface area (Å²) in [6, 6.07) is 0.544. The Morgan fingerprint density at radius 2 is 1.29 bits per heavy atom. The molecule has 118 valence electrons. The molecule has 0 bridgehead atoms. The minimum absolute atomic E-state index is 0.544. The van der Waals surface area contributed by atoms with E-state index in [1.807, 2.05) is 0 Å². The fraction of sp³-hybridized carbons (Fsp3) is 1.00. The van der Waals surface area contributed by atoms with Crippen molar-refractivity contribution in [2.24, 2.45) is 46.7 Å². The zero-order chi connectivity index (χ0) is 14.0. The normalized spacial score (nSPS) is 53.9. The van der Waals surface area contributed by atoms with Crippen molar-refractivity contribution in [3.05, 3.63) is 0 Å². The van der Waals surface area contributed by atoms with Crippen LogP contribution in [0.5, 0.6) is 0 Å². The minimum atomic E-state index is 0.544. The number of hydrogen-bond donors (Lipinski definition) is 1. The smallest absolute Gasteiger partial charge is 0.00446 e. The van der Waals surface area contributed by atoms with E-state index in [2.05, 4.69) is 0 Å². The molecule has 5 aliphatic carbocycles. The van der Waals surface area contributed by atoms with Crippen LogP contribution in [-0.2, 0) is 0 Å². The molecule has 0 radical (unpaired) electrons. The van der Waals surface area contributed by atoms with Crippen LogP contribution in [0.15, 0.2) is 0 Å². The lowest BCUT2D eigenvalue weighted by Gasteiger charge is -2.54. The Balaban J connectivity index is 1.60. The lowest BCUT2D eigenvalue weighted by Crippen LogP contribution is -2.48. The van der Waals surface area contributed by atoms with E-state index in [9.17, 15) is 0 Å². The maximum absolute atomic E-state index is 6.49. The second-order valence-electron chi connectivity index (χ2n) is 9.31. The first-order valence-electron chi connectivity index (χ1n) is 10.1. The second-order valence-corrected chi connectivity index (χ2v) is 9.31. The summed E-state index contributed by atoms with van der Waals surface area (Å²) in [5.74, 6) is 6.48. The molecule has 0 aromatic carbocycles. The summed E-state index contributed by atoms with van der Waals surface area (Å²) in [5.41, 5.74) is 7.26. The Labute approximate surface area is 130 Å². The van der Waals surface area contributed by atoms with Crippen LogP contribution < -0.4 is 5.73 Å². The molecule has 6 atom stereocenters. The average molecular weight is 287 g/mol. The Morgan fingerprint density at radius 3 is 1.95 bits per heavy atom. The van der Waals surface area contributed by atoms with Crippen molar-refractivity contribution in [1.29, 1.82) is 0 Å². The van der Waals surface area contributed by atoms with Crippen LogP contribution >= 0.6 is 0 Å². The van der Waals surface area contributed by atoms with E-state index >= 15 is 0 Å². The molecule has 0 aromatic rings. The van der Waals surface area contributed by atoms with Gasteiger partial charge in [0.05, 0.1) is 0 Å². The maximum Gasteiger partial charge on any atom is 0.00446 e. The monoisotopic (exact) mass is 287 g/mol. The molecule has 0 saturated heterocycles. The molecular weight excluding hydrogens is 254 g/mol. The van der Waals surface area contributed by atoms with Gasteiger partial charge >= 0.3 is 0 Å². The molecule has 0 heterocycles. The largest absolute Gasteiger partial charge is 0.328 e. The van der Waals surface area contributed by atoms with Gasteiger partial charge in [-0.3, -0.25) is 0 Å². The first-order valence-corrected chi connectivity index (χ1v) is 10.1. The summed E-state index contributed by atoms with van der Waals surface area (Å²) in [7, 11) is 0. The van der Waals surface area contributed by atoms with Crippen LogP contribution in [0.25, 0.3) is 0 Å². The standard InChI is InChI=1S/C20H33N/c21-15-11-17-16-9-4-10-18(16)20(19(17)12-15,14-7-3-8-14)13-5-1-2-6-13/h13-19H,1-12,21H2. The third-order valence-corrected chi connectivity index (χ3v) is 8.93. The zero-order valence-electron chi connectivity index (χ0n) is 13.6. The molecule has 21 heavy (non-hydrogen) atoms. The van der Waals surface area contributed by atoms with Gasteiger partial charge in [-0.05, 0) is 92.3 Å². The first-order chi connectivity index (χ1) is 10.3. The van der Waals surface area contributed by atoms with E-state index in [0.29, 0.717) is 6.04 Å². The number of fused-ring (bicyclic) bond motifs is 3. The van der Waals surface area contributed by atoms with Crippen molar-refractivity contribution >= 4 is 0 Å². The van der Waals surface area contributed by atoms with Crippen molar-refractivity contribution in [2.45, 2.75) is 83.1 Å². The Bertz CT molecular complexity index is 408. The van der Waals surface area contributed by atoms with Gasteiger partial charge in [0.15, 0.2) is 0 Å². The minimum Gasteiger partial charge on any atom is -0.328 e. The quantitative estimate of drug-likeness (QED) is 0.779. The van der Waals surface area contributed by atoms with Gasteiger partial charge in [0.1, 0.15) is 0 Å². The highest BCUT2D eigenvalue weighted by Crippen LogP contribution is 2.74. The van der Waals surface area contributed by atoms with E-state index in [-0.39, 0.29) is 0 Å². The average Bonchev–Trinajstić information content (AvgIpc) is 3.13. The first kappa shape index (κ1) is 13.4. The van der Waals surface area contributed by atoms with E-state index in [1.165, 1.54) is 38.5 Å². The molecule has 0 aromatic heterocycles. The zero-order valence-corrected chi connectivity index (χ0v) is 13.6. The van der Waals surface area contributed by atoms with Crippen LogP contribution in [0.1, 0.15) is 77.0 Å². The summed E-state index contributed by atoms with van der Waals surface area (Å²) >= 11 is 0. The maximum atomic E-state index is 6.49. The predicted molar refractivity (Wildman–Crippen MR) is 86.8 cm³/mol. The van der Waals surface area contributed by atoms with Gasteiger partial charge in [-0.15, -0.1) is 0 Å². The molecule has 1 heteroatoms. The summed E-state index contributed by atoms with van der Waals surface area (Å²) in [6.07, 6.45) is 18.3. The molecule has 0 spiro atoms. The lowest BCUT2D eigenvalue weighted by molar-refractivity contribution is -0.0602. The summed E-state index contributed by atoms with van der Waals surface area (Å²) in [5, 5.41) is 0. The van der Waals surface area contributed by atoms with E-state index in [1.54, 1.807) is 38.5 Å². The van der Waals surface area contributed by atoms with Gasteiger partial charge in [0, 0.05) is 6.04 Å². The molecule has 0 aliphatic heterocycles. The van der Waals surface area contributed by atoms with E-state index in [4.69, 9.17) is 5.73 Å². The molecule has 5 fully saturated rings. The van der Waals surface area contributed by atoms with Crippen LogP contribution in [0.4, 0.5) is 0 Å². The summed E-state index contributed by atoms with van der Waals surface area (Å²) in [6.45, 7) is 0. The van der Waals surface area contributed by atoms with E-state index < -0.39 is 0 Å². The molecule has 0 amide bonds. The highest BCUT2D eigenvalue weighted by Gasteiger charge is 2.68. The Morgan fingerprint density at radius 1 is 0.619 bits per heavy atom. The predicted octanol–water partition coefficient (Wildman–Crippen LogP) is 4.75. The Kier molecular flexibility index (Phi) is 3.02. The SMILES string of the molecule is NC1CC2C3CCCC3C(C3CCCC3)(C3CCC3)C2C1. The molecule has 6 unspecified atom stereocenters. The van der Waals surface area contributed by atoms with Gasteiger partial charge in [-0.1, -0.05) is 25.7 Å². The van der Waals surface area contributed by atoms with Crippen molar-refractivity contribution in [2.75, 3.05) is 0 Å². The number of nitrogens with two attached hydrogens (primary N) is 1.